The average Bonchev–Trinajstić information content (AvgIpc) is 3.13. The highest BCUT2D eigenvalue weighted by atomic mass is 16.5. The van der Waals surface area contributed by atoms with Crippen molar-refractivity contribution in [3.8, 4) is 28.4 Å². The van der Waals surface area contributed by atoms with Crippen LogP contribution < -0.4 is 14.2 Å². The van der Waals surface area contributed by atoms with Crippen molar-refractivity contribution in [2.45, 2.75) is 19.4 Å². The number of ether oxygens (including phenoxy) is 3. The predicted molar refractivity (Wildman–Crippen MR) is 136 cm³/mol. The molecule has 3 aromatic carbocycles. The number of carbonyl (C=O) groups is 1. The predicted octanol–water partition coefficient (Wildman–Crippen LogP) is 5.27. The number of pyridine rings is 1. The molecule has 0 atom stereocenters. The molecule has 0 spiro atoms. The Balaban J connectivity index is 1.41. The van der Waals surface area contributed by atoms with Gasteiger partial charge in [-0.15, -0.1) is 0 Å². The zero-order valence-electron chi connectivity index (χ0n) is 20.0. The van der Waals surface area contributed by atoms with Crippen LogP contribution in [-0.2, 0) is 17.8 Å². The van der Waals surface area contributed by atoms with Crippen LogP contribution in [0.15, 0.2) is 72.9 Å². The molecular formula is C29H28N2O4. The van der Waals surface area contributed by atoms with E-state index in [4.69, 9.17) is 14.2 Å². The van der Waals surface area contributed by atoms with Crippen molar-refractivity contribution < 1.29 is 19.0 Å². The third-order valence-electron chi connectivity index (χ3n) is 6.40. The maximum Gasteiger partial charge on any atom is 0.223 e. The zero-order chi connectivity index (χ0) is 24.2. The lowest BCUT2D eigenvalue weighted by Gasteiger charge is -2.20. The van der Waals surface area contributed by atoms with E-state index in [9.17, 15) is 4.79 Å². The molecule has 0 fully saturated rings. The number of aromatic nitrogens is 1. The monoisotopic (exact) mass is 468 g/mol. The van der Waals surface area contributed by atoms with Gasteiger partial charge in [0.15, 0.2) is 11.5 Å². The highest BCUT2D eigenvalue weighted by molar-refractivity contribution is 5.84. The maximum absolute atomic E-state index is 13.2. The van der Waals surface area contributed by atoms with Crippen LogP contribution in [0.3, 0.4) is 0 Å². The summed E-state index contributed by atoms with van der Waals surface area (Å²) in [6.07, 6.45) is 2.90. The lowest BCUT2D eigenvalue weighted by Crippen LogP contribution is -2.32. The Labute approximate surface area is 205 Å². The molecule has 0 N–H and O–H groups in total. The largest absolute Gasteiger partial charge is 0.496 e. The minimum Gasteiger partial charge on any atom is -0.496 e. The van der Waals surface area contributed by atoms with Gasteiger partial charge >= 0.3 is 0 Å². The van der Waals surface area contributed by atoms with Crippen LogP contribution in [0.5, 0.6) is 17.2 Å². The van der Waals surface area contributed by atoms with Crippen molar-refractivity contribution in [3.05, 3.63) is 84.1 Å². The van der Waals surface area contributed by atoms with Crippen LogP contribution >= 0.6 is 0 Å². The Kier molecular flexibility index (Phi) is 6.53. The molecule has 178 valence electrons. The molecule has 0 aliphatic carbocycles. The number of fused-ring (bicyclic) bond motifs is 2. The second kappa shape index (κ2) is 10.1. The summed E-state index contributed by atoms with van der Waals surface area (Å²) in [6, 6.07) is 22.0. The van der Waals surface area contributed by atoms with Crippen LogP contribution in [0.25, 0.3) is 22.0 Å². The molecule has 6 heteroatoms. The van der Waals surface area contributed by atoms with Crippen LogP contribution in [-0.4, -0.2) is 43.2 Å². The number of hydrogen-bond donors (Lipinski definition) is 0. The molecule has 1 aromatic heterocycles. The van der Waals surface area contributed by atoms with E-state index in [1.54, 1.807) is 14.2 Å². The van der Waals surface area contributed by atoms with E-state index < -0.39 is 0 Å². The van der Waals surface area contributed by atoms with Crippen LogP contribution in [0.1, 0.15) is 17.5 Å². The summed E-state index contributed by atoms with van der Waals surface area (Å²) in [5.41, 5.74) is 4.88. The first kappa shape index (κ1) is 22.7. The topological polar surface area (TPSA) is 60.9 Å². The number of para-hydroxylation sites is 2. The molecule has 0 bridgehead atoms. The Morgan fingerprint density at radius 3 is 2.63 bits per heavy atom. The molecule has 0 unspecified atom stereocenters. The number of rotatable bonds is 6. The normalized spacial score (nSPS) is 13.0. The van der Waals surface area contributed by atoms with Gasteiger partial charge in [0.25, 0.3) is 0 Å². The third kappa shape index (κ3) is 4.78. The summed E-state index contributed by atoms with van der Waals surface area (Å²) in [5.74, 6) is 2.26. The Bertz CT molecular complexity index is 1370. The van der Waals surface area contributed by atoms with Crippen molar-refractivity contribution >= 4 is 16.8 Å². The van der Waals surface area contributed by atoms with Crippen molar-refractivity contribution in [3.63, 3.8) is 0 Å². The van der Waals surface area contributed by atoms with Crippen molar-refractivity contribution in [1.82, 2.24) is 9.88 Å². The van der Waals surface area contributed by atoms with E-state index in [0.29, 0.717) is 44.0 Å². The van der Waals surface area contributed by atoms with E-state index >= 15 is 0 Å². The fourth-order valence-corrected chi connectivity index (χ4v) is 4.55. The summed E-state index contributed by atoms with van der Waals surface area (Å²) < 4.78 is 17.2. The number of aryl methyl sites for hydroxylation is 1. The number of nitrogens with zero attached hydrogens (tertiary/aromatic N) is 2. The van der Waals surface area contributed by atoms with Crippen molar-refractivity contribution in [1.29, 1.82) is 0 Å². The molecule has 6 nitrogen and oxygen atoms in total. The number of amides is 1. The quantitative estimate of drug-likeness (QED) is 0.386. The molecule has 1 amide bonds. The molecule has 0 saturated carbocycles. The first-order valence-electron chi connectivity index (χ1n) is 11.7. The highest BCUT2D eigenvalue weighted by Crippen LogP contribution is 2.38. The maximum atomic E-state index is 13.2. The number of carbonyl (C=O) groups excluding carboxylic acids is 1. The summed E-state index contributed by atoms with van der Waals surface area (Å²) >= 11 is 0. The van der Waals surface area contributed by atoms with E-state index in [-0.39, 0.29) is 5.91 Å². The van der Waals surface area contributed by atoms with Gasteiger partial charge in [-0.25, -0.2) is 0 Å². The number of methoxy groups -OCH3 is 2. The Hall–Kier alpha value is -4.06. The molecule has 1 aliphatic rings. The van der Waals surface area contributed by atoms with Gasteiger partial charge in [0, 0.05) is 35.7 Å². The van der Waals surface area contributed by atoms with E-state index in [1.165, 1.54) is 0 Å². The molecule has 1 aliphatic heterocycles. The third-order valence-corrected chi connectivity index (χ3v) is 6.40. The number of hydrogen-bond acceptors (Lipinski definition) is 5. The van der Waals surface area contributed by atoms with E-state index in [2.05, 4.69) is 23.2 Å². The smallest absolute Gasteiger partial charge is 0.223 e. The first-order valence-corrected chi connectivity index (χ1v) is 11.7. The van der Waals surface area contributed by atoms with Crippen LogP contribution in [0, 0.1) is 0 Å². The van der Waals surface area contributed by atoms with Gasteiger partial charge in [-0.2, -0.15) is 0 Å². The summed E-state index contributed by atoms with van der Waals surface area (Å²) in [6.45, 7) is 1.40. The molecule has 0 saturated heterocycles. The van der Waals surface area contributed by atoms with Gasteiger partial charge in [-0.3, -0.25) is 9.78 Å². The Morgan fingerprint density at radius 2 is 1.77 bits per heavy atom. The molecule has 0 radical (unpaired) electrons. The fourth-order valence-electron chi connectivity index (χ4n) is 4.55. The van der Waals surface area contributed by atoms with Gasteiger partial charge in [0.1, 0.15) is 12.4 Å². The SMILES string of the molecule is COc1ccccc1CCC(=O)N1CCOc2c(cc(-c3cnc4ccccc4c3)cc2OC)C1. The van der Waals surface area contributed by atoms with Gasteiger partial charge in [-0.05, 0) is 47.9 Å². The molecule has 5 rings (SSSR count). The number of benzene rings is 3. The Morgan fingerprint density at radius 1 is 0.971 bits per heavy atom. The van der Waals surface area contributed by atoms with Crippen molar-refractivity contribution in [2.24, 2.45) is 0 Å². The minimum absolute atomic E-state index is 0.0871. The van der Waals surface area contributed by atoms with Crippen molar-refractivity contribution in [2.75, 3.05) is 27.4 Å². The average molecular weight is 469 g/mol. The molecule has 4 aromatic rings. The summed E-state index contributed by atoms with van der Waals surface area (Å²) in [4.78, 5) is 19.6. The summed E-state index contributed by atoms with van der Waals surface area (Å²) in [5, 5.41) is 1.07. The van der Waals surface area contributed by atoms with Gasteiger partial charge in [-0.1, -0.05) is 36.4 Å². The molecular weight excluding hydrogens is 440 g/mol. The second-order valence-electron chi connectivity index (χ2n) is 8.56. The van der Waals surface area contributed by atoms with E-state index in [1.807, 2.05) is 59.6 Å². The molecule has 2 heterocycles. The van der Waals surface area contributed by atoms with Crippen LogP contribution in [0.4, 0.5) is 0 Å². The van der Waals surface area contributed by atoms with Gasteiger partial charge in [0.2, 0.25) is 5.91 Å². The van der Waals surface area contributed by atoms with Gasteiger partial charge < -0.3 is 19.1 Å². The summed E-state index contributed by atoms with van der Waals surface area (Å²) in [7, 11) is 3.29. The standard InChI is InChI=1S/C29H28N2O4/c1-33-26-10-6-4-7-20(26)11-12-28(32)31-13-14-35-29-24(19-31)16-22(17-27(29)34-2)23-15-21-8-3-5-9-25(21)30-18-23/h3-10,15-18H,11-14,19H2,1-2H3. The lowest BCUT2D eigenvalue weighted by atomic mass is 10.0. The minimum atomic E-state index is 0.0871. The highest BCUT2D eigenvalue weighted by Gasteiger charge is 2.23. The zero-order valence-corrected chi connectivity index (χ0v) is 20.0. The lowest BCUT2D eigenvalue weighted by molar-refractivity contribution is -0.131. The fraction of sp³-hybridized carbons (Fsp3) is 0.241. The second-order valence-corrected chi connectivity index (χ2v) is 8.56. The van der Waals surface area contributed by atoms with Gasteiger partial charge in [0.05, 0.1) is 26.3 Å². The first-order chi connectivity index (χ1) is 17.2. The van der Waals surface area contributed by atoms with E-state index in [0.717, 1.165) is 38.9 Å². The van der Waals surface area contributed by atoms with Crippen LogP contribution in [0.2, 0.25) is 0 Å². The molecule has 35 heavy (non-hydrogen) atoms.